The van der Waals surface area contributed by atoms with Gasteiger partial charge in [0.2, 0.25) is 0 Å². The number of aromatic nitrogens is 1. The minimum atomic E-state index is -0.841. The lowest BCUT2D eigenvalue weighted by molar-refractivity contribution is -0.122. The molecule has 0 aliphatic rings. The van der Waals surface area contributed by atoms with Gasteiger partial charge in [-0.3, -0.25) is 10.1 Å². The smallest absolute Gasteiger partial charge is 0.350 e. The Morgan fingerprint density at radius 1 is 1.36 bits per heavy atom. The summed E-state index contributed by atoms with van der Waals surface area (Å²) in [6, 6.07) is 4.91. The van der Waals surface area contributed by atoms with Gasteiger partial charge >= 0.3 is 5.97 Å². The van der Waals surface area contributed by atoms with E-state index in [1.807, 2.05) is 0 Å². The van der Waals surface area contributed by atoms with Gasteiger partial charge in [-0.15, -0.1) is 0 Å². The average molecular weight is 403 g/mol. The molecule has 1 unspecified atom stereocenters. The number of nitrogens with one attached hydrogen (secondary N) is 1. The first-order valence-corrected chi connectivity index (χ1v) is 8.96. The maximum Gasteiger partial charge on any atom is 0.350 e. The van der Waals surface area contributed by atoms with E-state index in [1.165, 1.54) is 0 Å². The van der Waals surface area contributed by atoms with Gasteiger partial charge < -0.3 is 9.47 Å². The van der Waals surface area contributed by atoms with Gasteiger partial charge in [0.1, 0.15) is 15.6 Å². The van der Waals surface area contributed by atoms with Crippen LogP contribution in [0.4, 0.5) is 5.13 Å². The van der Waals surface area contributed by atoms with E-state index in [1.54, 1.807) is 39.0 Å². The SMILES string of the molecule is CCOC(=O)c1sc(NC(=O)C(C)Oc2cccc(Cl)c2Cl)nc1C. The zero-order valence-electron chi connectivity index (χ0n) is 13.8. The highest BCUT2D eigenvalue weighted by Gasteiger charge is 2.21. The van der Waals surface area contributed by atoms with Gasteiger partial charge in [0.25, 0.3) is 5.91 Å². The highest BCUT2D eigenvalue weighted by molar-refractivity contribution is 7.17. The van der Waals surface area contributed by atoms with Gasteiger partial charge in [-0.05, 0) is 32.9 Å². The number of thiazole rings is 1. The number of carbonyl (C=O) groups excluding carboxylic acids is 2. The van der Waals surface area contributed by atoms with Crippen molar-refractivity contribution in [2.45, 2.75) is 26.9 Å². The van der Waals surface area contributed by atoms with Crippen LogP contribution >= 0.6 is 34.5 Å². The van der Waals surface area contributed by atoms with E-state index < -0.39 is 18.0 Å². The first-order chi connectivity index (χ1) is 11.8. The summed E-state index contributed by atoms with van der Waals surface area (Å²) >= 11 is 13.0. The van der Waals surface area contributed by atoms with Crippen LogP contribution in [-0.2, 0) is 9.53 Å². The van der Waals surface area contributed by atoms with Crippen LogP contribution in [0.1, 0.15) is 29.2 Å². The van der Waals surface area contributed by atoms with E-state index in [9.17, 15) is 9.59 Å². The predicted octanol–water partition coefficient (Wildman–Crippen LogP) is 4.34. The zero-order valence-corrected chi connectivity index (χ0v) is 16.1. The molecule has 2 aromatic rings. The van der Waals surface area contributed by atoms with Crippen LogP contribution in [-0.4, -0.2) is 29.6 Å². The monoisotopic (exact) mass is 402 g/mol. The molecule has 9 heteroatoms. The molecule has 0 aliphatic heterocycles. The lowest BCUT2D eigenvalue weighted by atomic mass is 10.3. The van der Waals surface area contributed by atoms with Crippen molar-refractivity contribution in [3.05, 3.63) is 38.8 Å². The van der Waals surface area contributed by atoms with Crippen molar-refractivity contribution >= 4 is 51.5 Å². The molecule has 1 aromatic heterocycles. The standard InChI is InChI=1S/C16H16Cl2N2O4S/c1-4-23-15(22)13-8(2)19-16(25-13)20-14(21)9(3)24-11-7-5-6-10(17)12(11)18/h5-7,9H,4H2,1-3H3,(H,19,20,21). The molecule has 0 spiro atoms. The lowest BCUT2D eigenvalue weighted by Gasteiger charge is -2.15. The number of ether oxygens (including phenoxy) is 2. The Labute approximate surface area is 159 Å². The van der Waals surface area contributed by atoms with E-state index >= 15 is 0 Å². The fourth-order valence-corrected chi connectivity index (χ4v) is 3.06. The molecule has 0 radical (unpaired) electrons. The largest absolute Gasteiger partial charge is 0.479 e. The number of rotatable bonds is 6. The first kappa shape index (κ1) is 19.5. The number of amides is 1. The summed E-state index contributed by atoms with van der Waals surface area (Å²) in [6.07, 6.45) is -0.841. The normalized spacial score (nSPS) is 11.7. The number of esters is 1. The van der Waals surface area contributed by atoms with Gasteiger partial charge in [0, 0.05) is 0 Å². The number of hydrogen-bond donors (Lipinski definition) is 1. The zero-order chi connectivity index (χ0) is 18.6. The third-order valence-corrected chi connectivity index (χ3v) is 4.93. The molecule has 0 saturated carbocycles. The van der Waals surface area contributed by atoms with Gasteiger partial charge in [-0.1, -0.05) is 40.6 Å². The van der Waals surface area contributed by atoms with Crippen molar-refractivity contribution in [1.29, 1.82) is 0 Å². The van der Waals surface area contributed by atoms with Crippen LogP contribution < -0.4 is 10.1 Å². The van der Waals surface area contributed by atoms with Crippen molar-refractivity contribution in [2.75, 3.05) is 11.9 Å². The summed E-state index contributed by atoms with van der Waals surface area (Å²) in [6.45, 7) is 5.23. The van der Waals surface area contributed by atoms with Crippen LogP contribution in [0.15, 0.2) is 18.2 Å². The minimum Gasteiger partial charge on any atom is -0.479 e. The molecular formula is C16H16Cl2N2O4S. The number of benzene rings is 1. The van der Waals surface area contributed by atoms with E-state index in [0.717, 1.165) is 11.3 Å². The van der Waals surface area contributed by atoms with E-state index in [-0.39, 0.29) is 16.8 Å². The molecule has 25 heavy (non-hydrogen) atoms. The fourth-order valence-electron chi connectivity index (χ4n) is 1.86. The first-order valence-electron chi connectivity index (χ1n) is 7.39. The van der Waals surface area contributed by atoms with Crippen molar-refractivity contribution in [3.8, 4) is 5.75 Å². The molecule has 134 valence electrons. The number of hydrogen-bond acceptors (Lipinski definition) is 6. The third-order valence-electron chi connectivity index (χ3n) is 3.08. The van der Waals surface area contributed by atoms with E-state index in [4.69, 9.17) is 32.7 Å². The molecule has 1 aromatic carbocycles. The quantitative estimate of drug-likeness (QED) is 0.726. The summed E-state index contributed by atoms with van der Waals surface area (Å²) in [7, 11) is 0. The second-order valence-electron chi connectivity index (χ2n) is 4.96. The molecule has 0 aliphatic carbocycles. The van der Waals surface area contributed by atoms with Crippen LogP contribution in [0, 0.1) is 6.92 Å². The summed E-state index contributed by atoms with van der Waals surface area (Å²) in [5.74, 6) is -0.590. The summed E-state index contributed by atoms with van der Waals surface area (Å²) in [5.41, 5.74) is 0.491. The Morgan fingerprint density at radius 3 is 2.76 bits per heavy atom. The van der Waals surface area contributed by atoms with Gasteiger partial charge in [0.15, 0.2) is 11.2 Å². The molecule has 1 heterocycles. The summed E-state index contributed by atoms with van der Waals surface area (Å²) in [4.78, 5) is 28.6. The number of carbonyl (C=O) groups is 2. The molecule has 0 fully saturated rings. The lowest BCUT2D eigenvalue weighted by Crippen LogP contribution is -2.30. The van der Waals surface area contributed by atoms with Crippen LogP contribution in [0.3, 0.4) is 0 Å². The second-order valence-corrected chi connectivity index (χ2v) is 6.74. The van der Waals surface area contributed by atoms with Gasteiger partial charge in [-0.25, -0.2) is 9.78 Å². The highest BCUT2D eigenvalue weighted by atomic mass is 35.5. The molecule has 6 nitrogen and oxygen atoms in total. The van der Waals surface area contributed by atoms with E-state index in [0.29, 0.717) is 21.3 Å². The minimum absolute atomic E-state index is 0.235. The van der Waals surface area contributed by atoms with E-state index in [2.05, 4.69) is 10.3 Å². The Hall–Kier alpha value is -1.83. The van der Waals surface area contributed by atoms with Crippen molar-refractivity contribution in [3.63, 3.8) is 0 Å². The van der Waals surface area contributed by atoms with Gasteiger partial charge in [0.05, 0.1) is 17.3 Å². The fraction of sp³-hybridized carbons (Fsp3) is 0.312. The Balaban J connectivity index is 2.05. The maximum absolute atomic E-state index is 12.3. The predicted molar refractivity (Wildman–Crippen MR) is 98.0 cm³/mol. The number of halogens is 2. The molecular weight excluding hydrogens is 387 g/mol. The Bertz CT molecular complexity index is 794. The number of nitrogens with zero attached hydrogens (tertiary/aromatic N) is 1. The van der Waals surface area contributed by atoms with Crippen LogP contribution in [0.25, 0.3) is 0 Å². The summed E-state index contributed by atoms with van der Waals surface area (Å²) in [5, 5.41) is 3.47. The molecule has 2 rings (SSSR count). The molecule has 1 amide bonds. The Kier molecular flexibility index (Phi) is 6.64. The van der Waals surface area contributed by atoms with Crippen molar-refractivity contribution in [1.82, 2.24) is 4.98 Å². The number of anilines is 1. The van der Waals surface area contributed by atoms with Crippen LogP contribution in [0.2, 0.25) is 10.0 Å². The molecule has 1 N–H and O–H groups in total. The third kappa shape index (κ3) is 4.84. The second kappa shape index (κ2) is 8.51. The highest BCUT2D eigenvalue weighted by Crippen LogP contribution is 2.32. The molecule has 1 atom stereocenters. The molecule has 0 saturated heterocycles. The van der Waals surface area contributed by atoms with Crippen LogP contribution in [0.5, 0.6) is 5.75 Å². The Morgan fingerprint density at radius 2 is 2.08 bits per heavy atom. The van der Waals surface area contributed by atoms with Crippen molar-refractivity contribution in [2.24, 2.45) is 0 Å². The van der Waals surface area contributed by atoms with Gasteiger partial charge in [-0.2, -0.15) is 0 Å². The maximum atomic E-state index is 12.3. The summed E-state index contributed by atoms with van der Waals surface area (Å²) < 4.78 is 10.5. The topological polar surface area (TPSA) is 77.5 Å². The molecule has 0 bridgehead atoms. The van der Waals surface area contributed by atoms with Crippen molar-refractivity contribution < 1.29 is 19.1 Å². The number of aryl methyl sites for hydroxylation is 1. The average Bonchev–Trinajstić information content (AvgIpc) is 2.92.